The fourth-order valence-corrected chi connectivity index (χ4v) is 1.92. The number of nitrogens with zero attached hydrogens (tertiary/aromatic N) is 2. The van der Waals surface area contributed by atoms with Crippen molar-refractivity contribution in [1.82, 2.24) is 15.3 Å². The summed E-state index contributed by atoms with van der Waals surface area (Å²) >= 11 is 0. The van der Waals surface area contributed by atoms with Crippen molar-refractivity contribution >= 4 is 11.9 Å². The van der Waals surface area contributed by atoms with Crippen LogP contribution >= 0.6 is 0 Å². The summed E-state index contributed by atoms with van der Waals surface area (Å²) in [5.41, 5.74) is 0.860. The van der Waals surface area contributed by atoms with Gasteiger partial charge in [-0.15, -0.1) is 0 Å². The molecular weight excluding hydrogens is 283 g/mol. The van der Waals surface area contributed by atoms with Crippen LogP contribution in [-0.2, 0) is 6.42 Å². The van der Waals surface area contributed by atoms with Gasteiger partial charge in [0, 0.05) is 18.8 Å². The summed E-state index contributed by atoms with van der Waals surface area (Å²) in [5.74, 6) is -0.149. The van der Waals surface area contributed by atoms with Crippen LogP contribution in [0.5, 0.6) is 0 Å². The molecule has 0 saturated heterocycles. The number of hydrogen-bond donors (Lipinski definition) is 2. The quantitative estimate of drug-likeness (QED) is 0.860. The summed E-state index contributed by atoms with van der Waals surface area (Å²) in [6.45, 7) is 4.27. The third kappa shape index (κ3) is 4.51. The Labute approximate surface area is 129 Å². The second kappa shape index (κ2) is 7.49. The first-order valence-corrected chi connectivity index (χ1v) is 7.17. The van der Waals surface area contributed by atoms with Gasteiger partial charge in [0.05, 0.1) is 0 Å². The van der Waals surface area contributed by atoms with Crippen molar-refractivity contribution in [1.29, 1.82) is 0 Å². The minimum absolute atomic E-state index is 0.180. The van der Waals surface area contributed by atoms with Crippen LogP contribution in [0.15, 0.2) is 36.5 Å². The van der Waals surface area contributed by atoms with Crippen molar-refractivity contribution in [3.05, 3.63) is 53.6 Å². The highest BCUT2D eigenvalue weighted by atomic mass is 19.1. The number of carbonyl (C=O) groups excluding carboxylic acids is 1. The van der Waals surface area contributed by atoms with Crippen molar-refractivity contribution in [2.45, 2.75) is 26.3 Å². The van der Waals surface area contributed by atoms with E-state index in [0.29, 0.717) is 24.5 Å². The van der Waals surface area contributed by atoms with E-state index in [1.807, 2.05) is 13.8 Å². The molecule has 0 aliphatic heterocycles. The number of carbonyl (C=O) groups is 1. The fourth-order valence-electron chi connectivity index (χ4n) is 1.92. The zero-order valence-electron chi connectivity index (χ0n) is 12.6. The van der Waals surface area contributed by atoms with Gasteiger partial charge in [-0.2, -0.15) is 0 Å². The molecule has 116 valence electrons. The lowest BCUT2D eigenvalue weighted by atomic mass is 10.1. The van der Waals surface area contributed by atoms with E-state index < -0.39 is 0 Å². The Morgan fingerprint density at radius 1 is 1.27 bits per heavy atom. The van der Waals surface area contributed by atoms with E-state index in [1.54, 1.807) is 24.3 Å². The van der Waals surface area contributed by atoms with Crippen LogP contribution in [0.25, 0.3) is 0 Å². The van der Waals surface area contributed by atoms with E-state index in [9.17, 15) is 9.18 Å². The number of rotatable bonds is 6. The van der Waals surface area contributed by atoms with Crippen LogP contribution in [0.2, 0.25) is 0 Å². The Morgan fingerprint density at radius 2 is 2.05 bits per heavy atom. The standard InChI is InChI=1S/C16H19FN4O/c1-11(2)20-16-19-10-8-14(21-16)15(22)18-9-7-12-5-3-4-6-13(12)17/h3-6,8,10-11H,7,9H2,1-2H3,(H,18,22)(H,19,20,21). The van der Waals surface area contributed by atoms with Crippen molar-refractivity contribution in [2.75, 3.05) is 11.9 Å². The van der Waals surface area contributed by atoms with E-state index in [0.717, 1.165) is 0 Å². The molecule has 6 heteroatoms. The molecule has 0 unspecified atom stereocenters. The summed E-state index contributed by atoms with van der Waals surface area (Å²) in [6.07, 6.45) is 1.96. The second-order valence-electron chi connectivity index (χ2n) is 5.16. The van der Waals surface area contributed by atoms with Gasteiger partial charge < -0.3 is 10.6 Å². The summed E-state index contributed by atoms with van der Waals surface area (Å²) in [5, 5.41) is 5.77. The molecule has 2 rings (SSSR count). The third-order valence-electron chi connectivity index (χ3n) is 2.94. The molecular formula is C16H19FN4O. The Kier molecular flexibility index (Phi) is 5.41. The predicted molar refractivity (Wildman–Crippen MR) is 83.2 cm³/mol. The Morgan fingerprint density at radius 3 is 2.77 bits per heavy atom. The number of amides is 1. The molecule has 1 heterocycles. The third-order valence-corrected chi connectivity index (χ3v) is 2.94. The molecule has 0 bridgehead atoms. The lowest BCUT2D eigenvalue weighted by molar-refractivity contribution is 0.0949. The average molecular weight is 302 g/mol. The highest BCUT2D eigenvalue weighted by Crippen LogP contribution is 2.06. The molecule has 2 N–H and O–H groups in total. The topological polar surface area (TPSA) is 66.9 Å². The van der Waals surface area contributed by atoms with Crippen molar-refractivity contribution in [3.8, 4) is 0 Å². The Hall–Kier alpha value is -2.50. The van der Waals surface area contributed by atoms with Gasteiger partial charge in [0.15, 0.2) is 0 Å². The van der Waals surface area contributed by atoms with Gasteiger partial charge in [-0.1, -0.05) is 18.2 Å². The predicted octanol–water partition coefficient (Wildman–Crippen LogP) is 2.41. The highest BCUT2D eigenvalue weighted by Gasteiger charge is 2.09. The van der Waals surface area contributed by atoms with E-state index in [1.165, 1.54) is 12.3 Å². The maximum absolute atomic E-state index is 13.5. The minimum Gasteiger partial charge on any atom is -0.352 e. The van der Waals surface area contributed by atoms with Gasteiger partial charge in [-0.05, 0) is 38.0 Å². The lowest BCUT2D eigenvalue weighted by Crippen LogP contribution is -2.27. The molecule has 5 nitrogen and oxygen atoms in total. The van der Waals surface area contributed by atoms with Crippen LogP contribution in [0, 0.1) is 5.82 Å². The van der Waals surface area contributed by atoms with E-state index in [4.69, 9.17) is 0 Å². The monoisotopic (exact) mass is 302 g/mol. The maximum Gasteiger partial charge on any atom is 0.270 e. The molecule has 1 aromatic heterocycles. The first-order chi connectivity index (χ1) is 10.6. The first kappa shape index (κ1) is 15.9. The molecule has 0 fully saturated rings. The normalized spacial score (nSPS) is 10.5. The van der Waals surface area contributed by atoms with E-state index >= 15 is 0 Å². The molecule has 0 aliphatic carbocycles. The van der Waals surface area contributed by atoms with E-state index in [2.05, 4.69) is 20.6 Å². The molecule has 0 aliphatic rings. The number of anilines is 1. The molecule has 0 radical (unpaired) electrons. The van der Waals surface area contributed by atoms with Crippen molar-refractivity contribution < 1.29 is 9.18 Å². The van der Waals surface area contributed by atoms with Crippen LogP contribution in [0.1, 0.15) is 29.9 Å². The zero-order valence-corrected chi connectivity index (χ0v) is 12.6. The van der Waals surface area contributed by atoms with Crippen LogP contribution in [0.4, 0.5) is 10.3 Å². The highest BCUT2D eigenvalue weighted by molar-refractivity contribution is 5.92. The zero-order chi connectivity index (χ0) is 15.9. The van der Waals surface area contributed by atoms with Crippen LogP contribution < -0.4 is 10.6 Å². The molecule has 0 saturated carbocycles. The number of benzene rings is 1. The summed E-state index contributed by atoms with van der Waals surface area (Å²) in [7, 11) is 0. The second-order valence-corrected chi connectivity index (χ2v) is 5.16. The molecule has 0 spiro atoms. The summed E-state index contributed by atoms with van der Waals surface area (Å²) in [6, 6.07) is 8.25. The Bertz CT molecular complexity index is 646. The maximum atomic E-state index is 13.5. The number of hydrogen-bond acceptors (Lipinski definition) is 4. The average Bonchev–Trinajstić information content (AvgIpc) is 2.48. The molecule has 1 amide bonds. The van der Waals surface area contributed by atoms with Crippen LogP contribution in [0.3, 0.4) is 0 Å². The summed E-state index contributed by atoms with van der Waals surface area (Å²) in [4.78, 5) is 20.2. The van der Waals surface area contributed by atoms with Crippen molar-refractivity contribution in [2.24, 2.45) is 0 Å². The smallest absolute Gasteiger partial charge is 0.270 e. The van der Waals surface area contributed by atoms with Crippen molar-refractivity contribution in [3.63, 3.8) is 0 Å². The largest absolute Gasteiger partial charge is 0.352 e. The van der Waals surface area contributed by atoms with Gasteiger partial charge in [0.25, 0.3) is 5.91 Å². The first-order valence-electron chi connectivity index (χ1n) is 7.17. The van der Waals surface area contributed by atoms with Gasteiger partial charge in [-0.25, -0.2) is 14.4 Å². The molecule has 22 heavy (non-hydrogen) atoms. The van der Waals surface area contributed by atoms with Gasteiger partial charge in [0.1, 0.15) is 11.5 Å². The SMILES string of the molecule is CC(C)Nc1nccc(C(=O)NCCc2ccccc2F)n1. The number of halogens is 1. The van der Waals surface area contributed by atoms with Gasteiger partial charge in [-0.3, -0.25) is 4.79 Å². The number of aromatic nitrogens is 2. The Balaban J connectivity index is 1.91. The number of nitrogens with one attached hydrogen (secondary N) is 2. The lowest BCUT2D eigenvalue weighted by Gasteiger charge is -2.09. The minimum atomic E-state index is -0.300. The van der Waals surface area contributed by atoms with Gasteiger partial charge >= 0.3 is 0 Å². The van der Waals surface area contributed by atoms with E-state index in [-0.39, 0.29) is 23.5 Å². The van der Waals surface area contributed by atoms with Gasteiger partial charge in [0.2, 0.25) is 5.95 Å². The fraction of sp³-hybridized carbons (Fsp3) is 0.312. The van der Waals surface area contributed by atoms with Crippen LogP contribution in [-0.4, -0.2) is 28.5 Å². The molecule has 2 aromatic rings. The molecule has 1 aromatic carbocycles. The molecule has 0 atom stereocenters. The summed E-state index contributed by atoms with van der Waals surface area (Å²) < 4.78 is 13.5.